The van der Waals surface area contributed by atoms with Crippen LogP contribution in [0.15, 0.2) is 0 Å². The zero-order valence-electron chi connectivity index (χ0n) is 12.9. The van der Waals surface area contributed by atoms with Crippen LogP contribution in [0.1, 0.15) is 24.5 Å². The number of aromatic nitrogens is 3. The lowest BCUT2D eigenvalue weighted by Gasteiger charge is -2.32. The number of hydrogen-bond acceptors (Lipinski definition) is 5. The summed E-state index contributed by atoms with van der Waals surface area (Å²) in [5, 5.41) is 11.9. The molecule has 1 aromatic heterocycles. The number of nitrogens with one attached hydrogen (secondary N) is 1. The highest BCUT2D eigenvalue weighted by Gasteiger charge is 2.21. The smallest absolute Gasteiger partial charge is 0.146 e. The molecule has 0 aliphatic carbocycles. The van der Waals surface area contributed by atoms with Gasteiger partial charge in [-0.25, -0.2) is 0 Å². The van der Waals surface area contributed by atoms with Crippen LogP contribution >= 0.6 is 0 Å². The monoisotopic (exact) mass is 281 g/mol. The van der Waals surface area contributed by atoms with E-state index in [4.69, 9.17) is 4.74 Å². The molecule has 0 radical (unpaired) electrons. The Morgan fingerprint density at radius 1 is 1.40 bits per heavy atom. The lowest BCUT2D eigenvalue weighted by Crippen LogP contribution is -2.40. The van der Waals surface area contributed by atoms with Gasteiger partial charge in [0.05, 0.1) is 13.2 Å². The van der Waals surface area contributed by atoms with Crippen LogP contribution in [-0.2, 0) is 18.3 Å². The molecule has 2 heterocycles. The zero-order valence-corrected chi connectivity index (χ0v) is 12.9. The topological polar surface area (TPSA) is 55.2 Å². The summed E-state index contributed by atoms with van der Waals surface area (Å²) in [6.07, 6.45) is 2.59. The minimum atomic E-state index is 0.731. The largest absolute Gasteiger partial charge is 0.383 e. The van der Waals surface area contributed by atoms with Gasteiger partial charge in [0.2, 0.25) is 0 Å². The maximum absolute atomic E-state index is 5.06. The van der Waals surface area contributed by atoms with E-state index in [1.807, 2.05) is 14.0 Å². The van der Waals surface area contributed by atoms with Crippen molar-refractivity contribution < 1.29 is 4.74 Å². The van der Waals surface area contributed by atoms with E-state index in [9.17, 15) is 0 Å². The van der Waals surface area contributed by atoms with E-state index in [0.29, 0.717) is 0 Å². The standard InChI is InChI=1S/C14H27N5O/c1-12-16-17-14(18(12)2)11-19-7-4-5-13(10-19)9-15-6-8-20-3/h13,15H,4-11H2,1-3H3. The fourth-order valence-corrected chi connectivity index (χ4v) is 2.73. The molecule has 1 fully saturated rings. The highest BCUT2D eigenvalue weighted by molar-refractivity contribution is 4.93. The third-order valence-electron chi connectivity index (χ3n) is 4.07. The first-order valence-corrected chi connectivity index (χ1v) is 7.47. The van der Waals surface area contributed by atoms with Crippen molar-refractivity contribution in [2.45, 2.75) is 26.3 Å². The lowest BCUT2D eigenvalue weighted by molar-refractivity contribution is 0.155. The van der Waals surface area contributed by atoms with Crippen molar-refractivity contribution in [2.75, 3.05) is 39.9 Å². The minimum absolute atomic E-state index is 0.731. The predicted octanol–water partition coefficient (Wildman–Crippen LogP) is 0.572. The number of hydrogen-bond donors (Lipinski definition) is 1. The Bertz CT molecular complexity index is 406. The average Bonchev–Trinajstić information content (AvgIpc) is 2.76. The number of piperidine rings is 1. The van der Waals surface area contributed by atoms with Gasteiger partial charge in [0, 0.05) is 27.2 Å². The van der Waals surface area contributed by atoms with Crippen LogP contribution in [0, 0.1) is 12.8 Å². The van der Waals surface area contributed by atoms with Gasteiger partial charge in [0.1, 0.15) is 11.6 Å². The zero-order chi connectivity index (χ0) is 14.4. The van der Waals surface area contributed by atoms with Crippen LogP contribution in [0.3, 0.4) is 0 Å². The Balaban J connectivity index is 1.77. The van der Waals surface area contributed by atoms with Crippen molar-refractivity contribution in [3.8, 4) is 0 Å². The molecule has 2 rings (SSSR count). The molecule has 0 aromatic carbocycles. The SMILES string of the molecule is COCCNCC1CCCN(Cc2nnc(C)n2C)C1. The Labute approximate surface area is 121 Å². The lowest BCUT2D eigenvalue weighted by atomic mass is 9.98. The summed E-state index contributed by atoms with van der Waals surface area (Å²) in [5.41, 5.74) is 0. The predicted molar refractivity (Wildman–Crippen MR) is 78.5 cm³/mol. The minimum Gasteiger partial charge on any atom is -0.383 e. The van der Waals surface area contributed by atoms with E-state index < -0.39 is 0 Å². The summed E-state index contributed by atoms with van der Waals surface area (Å²) in [6, 6.07) is 0. The van der Waals surface area contributed by atoms with E-state index in [2.05, 4.69) is 25.0 Å². The molecule has 0 bridgehead atoms. The summed E-state index contributed by atoms with van der Waals surface area (Å²) in [6.45, 7) is 8.02. The van der Waals surface area contributed by atoms with Gasteiger partial charge in [-0.1, -0.05) is 0 Å². The maximum atomic E-state index is 5.06. The molecule has 1 aliphatic rings. The third kappa shape index (κ3) is 4.26. The number of aryl methyl sites for hydroxylation is 1. The van der Waals surface area contributed by atoms with E-state index >= 15 is 0 Å². The molecule has 1 N–H and O–H groups in total. The molecule has 114 valence electrons. The van der Waals surface area contributed by atoms with Crippen LogP contribution in [0.25, 0.3) is 0 Å². The second-order valence-electron chi connectivity index (χ2n) is 5.66. The van der Waals surface area contributed by atoms with Crippen molar-refractivity contribution in [1.82, 2.24) is 25.0 Å². The van der Waals surface area contributed by atoms with Gasteiger partial charge in [0.25, 0.3) is 0 Å². The molecule has 1 atom stereocenters. The fourth-order valence-electron chi connectivity index (χ4n) is 2.73. The Morgan fingerprint density at radius 3 is 2.95 bits per heavy atom. The van der Waals surface area contributed by atoms with Gasteiger partial charge in [-0.3, -0.25) is 4.90 Å². The van der Waals surface area contributed by atoms with E-state index in [1.54, 1.807) is 7.11 Å². The van der Waals surface area contributed by atoms with Gasteiger partial charge >= 0.3 is 0 Å². The van der Waals surface area contributed by atoms with Gasteiger partial charge in [0.15, 0.2) is 0 Å². The highest BCUT2D eigenvalue weighted by atomic mass is 16.5. The normalized spacial score (nSPS) is 20.4. The van der Waals surface area contributed by atoms with Crippen LogP contribution in [0.2, 0.25) is 0 Å². The molecule has 1 saturated heterocycles. The number of nitrogens with zero attached hydrogens (tertiary/aromatic N) is 4. The van der Waals surface area contributed by atoms with Crippen LogP contribution < -0.4 is 5.32 Å². The quantitative estimate of drug-likeness (QED) is 0.741. The summed E-state index contributed by atoms with van der Waals surface area (Å²) >= 11 is 0. The first-order chi connectivity index (χ1) is 9.70. The van der Waals surface area contributed by atoms with Crippen LogP contribution in [0.5, 0.6) is 0 Å². The third-order valence-corrected chi connectivity index (χ3v) is 4.07. The molecule has 0 spiro atoms. The summed E-state index contributed by atoms with van der Waals surface area (Å²) in [7, 11) is 3.78. The molecule has 6 heteroatoms. The fraction of sp³-hybridized carbons (Fsp3) is 0.857. The Kier molecular flexibility index (Phi) is 5.94. The number of likely N-dealkylation sites (tertiary alicyclic amines) is 1. The van der Waals surface area contributed by atoms with Gasteiger partial charge in [-0.2, -0.15) is 0 Å². The number of rotatable bonds is 7. The molecule has 6 nitrogen and oxygen atoms in total. The maximum Gasteiger partial charge on any atom is 0.146 e. The summed E-state index contributed by atoms with van der Waals surface area (Å²) < 4.78 is 7.14. The Hall–Kier alpha value is -0.980. The van der Waals surface area contributed by atoms with Gasteiger partial charge < -0.3 is 14.6 Å². The van der Waals surface area contributed by atoms with Crippen LogP contribution in [0.4, 0.5) is 0 Å². The molecule has 1 aliphatic heterocycles. The van der Waals surface area contributed by atoms with Crippen molar-refractivity contribution in [1.29, 1.82) is 0 Å². The van der Waals surface area contributed by atoms with Crippen molar-refractivity contribution in [2.24, 2.45) is 13.0 Å². The first kappa shape index (κ1) is 15.4. The van der Waals surface area contributed by atoms with E-state index in [0.717, 1.165) is 50.4 Å². The number of methoxy groups -OCH3 is 1. The van der Waals surface area contributed by atoms with Gasteiger partial charge in [-0.15, -0.1) is 10.2 Å². The first-order valence-electron chi connectivity index (χ1n) is 7.47. The summed E-state index contributed by atoms with van der Waals surface area (Å²) in [5.74, 6) is 2.78. The van der Waals surface area contributed by atoms with Crippen molar-refractivity contribution in [3.63, 3.8) is 0 Å². The molecular weight excluding hydrogens is 254 g/mol. The summed E-state index contributed by atoms with van der Waals surface area (Å²) in [4.78, 5) is 2.50. The number of ether oxygens (including phenoxy) is 1. The van der Waals surface area contributed by atoms with Crippen molar-refractivity contribution >= 4 is 0 Å². The van der Waals surface area contributed by atoms with E-state index in [-0.39, 0.29) is 0 Å². The highest BCUT2D eigenvalue weighted by Crippen LogP contribution is 2.17. The van der Waals surface area contributed by atoms with Gasteiger partial charge in [-0.05, 0) is 38.8 Å². The molecule has 20 heavy (non-hydrogen) atoms. The second-order valence-corrected chi connectivity index (χ2v) is 5.66. The second kappa shape index (κ2) is 7.71. The van der Waals surface area contributed by atoms with Crippen molar-refractivity contribution in [3.05, 3.63) is 11.6 Å². The molecule has 1 unspecified atom stereocenters. The molecule has 1 aromatic rings. The molecule has 0 amide bonds. The molecular formula is C14H27N5O. The van der Waals surface area contributed by atoms with Crippen LogP contribution in [-0.4, -0.2) is 59.6 Å². The molecule has 0 saturated carbocycles. The van der Waals surface area contributed by atoms with E-state index in [1.165, 1.54) is 19.4 Å². The average molecular weight is 281 g/mol. The Morgan fingerprint density at radius 2 is 2.25 bits per heavy atom.